The maximum atomic E-state index is 12.6. The molecule has 0 saturated heterocycles. The zero-order valence-electron chi connectivity index (χ0n) is 12.8. The molecular formula is C16H15N3O2S3. The number of thioether (sulfide) groups is 1. The third kappa shape index (κ3) is 3.77. The van der Waals surface area contributed by atoms with Gasteiger partial charge in [-0.2, -0.15) is 0 Å². The molecule has 1 heterocycles. The zero-order chi connectivity index (χ0) is 17.2. The van der Waals surface area contributed by atoms with E-state index in [2.05, 4.69) is 10.2 Å². The monoisotopic (exact) mass is 377 g/mol. The number of nitrogens with two attached hydrogens (primary N) is 1. The van der Waals surface area contributed by atoms with Crippen molar-refractivity contribution >= 4 is 38.1 Å². The summed E-state index contributed by atoms with van der Waals surface area (Å²) in [6.45, 7) is 1.93. The Morgan fingerprint density at radius 2 is 1.58 bits per heavy atom. The summed E-state index contributed by atoms with van der Waals surface area (Å²) in [6, 6.07) is 13.8. The topological polar surface area (TPSA) is 85.9 Å². The van der Waals surface area contributed by atoms with Crippen molar-refractivity contribution in [3.05, 3.63) is 59.7 Å². The predicted molar refractivity (Wildman–Crippen MR) is 97.0 cm³/mol. The summed E-state index contributed by atoms with van der Waals surface area (Å²) in [7, 11) is -3.48. The van der Waals surface area contributed by atoms with Crippen molar-refractivity contribution in [2.45, 2.75) is 26.8 Å². The Morgan fingerprint density at radius 1 is 1.00 bits per heavy atom. The fourth-order valence-corrected chi connectivity index (χ4v) is 4.90. The van der Waals surface area contributed by atoms with Gasteiger partial charge < -0.3 is 5.73 Å². The van der Waals surface area contributed by atoms with Gasteiger partial charge in [-0.15, -0.1) is 10.2 Å². The second-order valence-corrected chi connectivity index (χ2v) is 9.34. The Morgan fingerprint density at radius 3 is 2.12 bits per heavy atom. The van der Waals surface area contributed by atoms with Crippen LogP contribution in [-0.2, 0) is 15.6 Å². The highest BCUT2D eigenvalue weighted by Crippen LogP contribution is 2.28. The van der Waals surface area contributed by atoms with Gasteiger partial charge in [0.1, 0.15) is 0 Å². The first kappa shape index (κ1) is 16.9. The van der Waals surface area contributed by atoms with E-state index in [0.717, 1.165) is 15.5 Å². The summed E-state index contributed by atoms with van der Waals surface area (Å²) in [5, 5.41) is 8.15. The molecule has 0 aliphatic heterocycles. The van der Waals surface area contributed by atoms with Crippen LogP contribution in [0.15, 0.2) is 62.7 Å². The summed E-state index contributed by atoms with van der Waals surface area (Å²) in [6.07, 6.45) is 0. The van der Waals surface area contributed by atoms with E-state index in [9.17, 15) is 8.42 Å². The number of aromatic nitrogens is 2. The zero-order valence-corrected chi connectivity index (χ0v) is 15.3. The molecule has 1 aromatic heterocycles. The van der Waals surface area contributed by atoms with Gasteiger partial charge in [-0.05, 0) is 36.8 Å². The largest absolute Gasteiger partial charge is 0.374 e. The van der Waals surface area contributed by atoms with Crippen molar-refractivity contribution in [1.82, 2.24) is 10.2 Å². The van der Waals surface area contributed by atoms with E-state index in [1.165, 1.54) is 23.1 Å². The van der Waals surface area contributed by atoms with Gasteiger partial charge in [-0.1, -0.05) is 52.9 Å². The van der Waals surface area contributed by atoms with E-state index >= 15 is 0 Å². The number of aryl methyl sites for hydroxylation is 1. The Labute approximate surface area is 148 Å². The number of hydrogen-bond acceptors (Lipinski definition) is 7. The van der Waals surface area contributed by atoms with Crippen molar-refractivity contribution in [3.63, 3.8) is 0 Å². The quantitative estimate of drug-likeness (QED) is 0.684. The molecule has 0 aliphatic rings. The smallest absolute Gasteiger partial charge is 0.206 e. The normalized spacial score (nSPS) is 11.5. The molecule has 2 N–H and O–H groups in total. The van der Waals surface area contributed by atoms with Crippen LogP contribution in [-0.4, -0.2) is 18.6 Å². The van der Waals surface area contributed by atoms with Crippen molar-refractivity contribution in [2.75, 3.05) is 5.73 Å². The van der Waals surface area contributed by atoms with Gasteiger partial charge in [0.2, 0.25) is 15.0 Å². The maximum Gasteiger partial charge on any atom is 0.206 e. The molecule has 0 amide bonds. The molecule has 0 aliphatic carbocycles. The molecular weight excluding hydrogens is 362 g/mol. The molecule has 3 aromatic rings. The van der Waals surface area contributed by atoms with Gasteiger partial charge >= 0.3 is 0 Å². The van der Waals surface area contributed by atoms with Crippen LogP contribution in [0.25, 0.3) is 0 Å². The minimum Gasteiger partial charge on any atom is -0.374 e. The number of hydrogen-bond donors (Lipinski definition) is 1. The SMILES string of the molecule is Cc1ccc(S(=O)(=O)c2ccc(CSc3nnc(N)s3)cc2)cc1. The number of anilines is 1. The molecule has 0 fully saturated rings. The van der Waals surface area contributed by atoms with E-state index in [-0.39, 0.29) is 0 Å². The van der Waals surface area contributed by atoms with E-state index in [0.29, 0.717) is 20.7 Å². The number of benzene rings is 2. The average molecular weight is 378 g/mol. The number of rotatable bonds is 5. The van der Waals surface area contributed by atoms with Crippen molar-refractivity contribution in [1.29, 1.82) is 0 Å². The average Bonchev–Trinajstić information content (AvgIpc) is 2.99. The number of nitrogen functional groups attached to an aromatic ring is 1. The lowest BCUT2D eigenvalue weighted by Crippen LogP contribution is -2.02. The highest BCUT2D eigenvalue weighted by atomic mass is 32.2. The van der Waals surface area contributed by atoms with Crippen LogP contribution in [0.2, 0.25) is 0 Å². The lowest BCUT2D eigenvalue weighted by Gasteiger charge is -2.06. The summed E-state index contributed by atoms with van der Waals surface area (Å²) in [4.78, 5) is 0.597. The summed E-state index contributed by atoms with van der Waals surface area (Å²) >= 11 is 2.86. The third-order valence-electron chi connectivity index (χ3n) is 3.35. The standard InChI is InChI=1S/C16H15N3O2S3/c1-11-2-6-13(7-3-11)24(20,21)14-8-4-12(5-9-14)10-22-16-19-18-15(17)23-16/h2-9H,10H2,1H3,(H2,17,18). The Bertz CT molecular complexity index is 933. The first-order chi connectivity index (χ1) is 11.4. The molecule has 0 atom stereocenters. The lowest BCUT2D eigenvalue weighted by molar-refractivity contribution is 0.596. The Kier molecular flexibility index (Phi) is 4.88. The number of nitrogens with zero attached hydrogens (tertiary/aromatic N) is 2. The summed E-state index contributed by atoms with van der Waals surface area (Å²) in [5.74, 6) is 0.680. The van der Waals surface area contributed by atoms with Crippen LogP contribution in [0.1, 0.15) is 11.1 Å². The van der Waals surface area contributed by atoms with Gasteiger partial charge in [-0.3, -0.25) is 0 Å². The van der Waals surface area contributed by atoms with Crippen LogP contribution in [0.4, 0.5) is 5.13 Å². The van der Waals surface area contributed by atoms with E-state index < -0.39 is 9.84 Å². The molecule has 0 saturated carbocycles. The first-order valence-electron chi connectivity index (χ1n) is 7.07. The van der Waals surface area contributed by atoms with Gasteiger partial charge in [0.25, 0.3) is 0 Å². The Hall–Kier alpha value is -1.90. The van der Waals surface area contributed by atoms with Gasteiger partial charge in [0.15, 0.2) is 4.34 Å². The molecule has 2 aromatic carbocycles. The first-order valence-corrected chi connectivity index (χ1v) is 10.4. The van der Waals surface area contributed by atoms with E-state index in [4.69, 9.17) is 5.73 Å². The minimum absolute atomic E-state index is 0.292. The molecule has 24 heavy (non-hydrogen) atoms. The van der Waals surface area contributed by atoms with Gasteiger partial charge in [0, 0.05) is 5.75 Å². The molecule has 0 radical (unpaired) electrons. The minimum atomic E-state index is -3.48. The fraction of sp³-hybridized carbons (Fsp3) is 0.125. The third-order valence-corrected chi connectivity index (χ3v) is 7.09. The highest BCUT2D eigenvalue weighted by Gasteiger charge is 2.17. The molecule has 0 unspecified atom stereocenters. The molecule has 124 valence electrons. The molecule has 0 bridgehead atoms. The summed E-state index contributed by atoms with van der Waals surface area (Å²) < 4.78 is 26.0. The predicted octanol–water partition coefficient (Wildman–Crippen LogP) is 3.55. The second-order valence-electron chi connectivity index (χ2n) is 5.16. The van der Waals surface area contributed by atoms with E-state index in [1.54, 1.807) is 36.4 Å². The van der Waals surface area contributed by atoms with E-state index in [1.807, 2.05) is 19.1 Å². The maximum absolute atomic E-state index is 12.6. The molecule has 0 spiro atoms. The van der Waals surface area contributed by atoms with Crippen molar-refractivity contribution < 1.29 is 8.42 Å². The lowest BCUT2D eigenvalue weighted by atomic mass is 10.2. The molecule has 8 heteroatoms. The Balaban J connectivity index is 1.75. The van der Waals surface area contributed by atoms with Gasteiger partial charge in [-0.25, -0.2) is 8.42 Å². The van der Waals surface area contributed by atoms with Crippen LogP contribution in [0, 0.1) is 6.92 Å². The van der Waals surface area contributed by atoms with Crippen LogP contribution >= 0.6 is 23.1 Å². The molecule has 3 rings (SSSR count). The highest BCUT2D eigenvalue weighted by molar-refractivity contribution is 8.00. The number of sulfone groups is 1. The van der Waals surface area contributed by atoms with Crippen LogP contribution in [0.3, 0.4) is 0 Å². The molecule has 5 nitrogen and oxygen atoms in total. The second kappa shape index (κ2) is 6.92. The van der Waals surface area contributed by atoms with Gasteiger partial charge in [0.05, 0.1) is 9.79 Å². The van der Waals surface area contributed by atoms with Crippen LogP contribution in [0.5, 0.6) is 0 Å². The summed E-state index contributed by atoms with van der Waals surface area (Å²) in [5.41, 5.74) is 7.58. The fourth-order valence-electron chi connectivity index (χ4n) is 2.04. The van der Waals surface area contributed by atoms with Crippen LogP contribution < -0.4 is 5.73 Å². The van der Waals surface area contributed by atoms with Crippen molar-refractivity contribution in [3.8, 4) is 0 Å². The van der Waals surface area contributed by atoms with Crippen molar-refractivity contribution in [2.24, 2.45) is 0 Å².